The van der Waals surface area contributed by atoms with Gasteiger partial charge in [-0.15, -0.1) is 0 Å². The van der Waals surface area contributed by atoms with Crippen molar-refractivity contribution in [1.29, 1.82) is 0 Å². The SMILES string of the molecule is O=[13C](O)O.[K]. The largest absolute Gasteiger partial charge is 0.503 e. The first-order chi connectivity index (χ1) is 1.73. The van der Waals surface area contributed by atoms with Crippen LogP contribution in [0.1, 0.15) is 0 Å². The molecule has 0 amide bonds. The summed E-state index contributed by atoms with van der Waals surface area (Å²) in [6, 6.07) is 0. The zero-order chi connectivity index (χ0) is 3.58. The van der Waals surface area contributed by atoms with E-state index in [1.54, 1.807) is 0 Å². The van der Waals surface area contributed by atoms with Crippen molar-refractivity contribution in [3.8, 4) is 0 Å². The molecule has 0 saturated heterocycles. The molecule has 0 spiro atoms. The molecule has 0 aliphatic carbocycles. The van der Waals surface area contributed by atoms with E-state index in [0.717, 1.165) is 0 Å². The van der Waals surface area contributed by atoms with Crippen molar-refractivity contribution in [2.75, 3.05) is 0 Å². The third-order valence-electron chi connectivity index (χ3n) is 0. The van der Waals surface area contributed by atoms with Crippen molar-refractivity contribution in [3.63, 3.8) is 0 Å². The molecular formula is CH2KO3. The average Bonchev–Trinajstić information content (AvgIpc) is 0.811. The molecule has 0 aromatic carbocycles. The van der Waals surface area contributed by atoms with Crippen LogP contribution in [0.25, 0.3) is 0 Å². The number of rotatable bonds is 0. The minimum absolute atomic E-state index is 0. The molecule has 0 fully saturated rings. The molecule has 0 heterocycles. The Kier molecular flexibility index (Phi) is 9.14. The van der Waals surface area contributed by atoms with E-state index in [0.29, 0.717) is 0 Å². The van der Waals surface area contributed by atoms with Gasteiger partial charge in [0.2, 0.25) is 0 Å². The second-order valence-electron chi connectivity index (χ2n) is 0.283. The Morgan fingerprint density at radius 3 is 1.40 bits per heavy atom. The normalized spacial score (nSPS) is 4.80. The predicted octanol–water partition coefficient (Wildman–Crippen LogP) is -0.158. The first-order valence-corrected chi connectivity index (χ1v) is 0.651. The Labute approximate surface area is 71.4 Å². The van der Waals surface area contributed by atoms with Gasteiger partial charge in [-0.2, -0.15) is 0 Å². The van der Waals surface area contributed by atoms with Crippen molar-refractivity contribution >= 4 is 57.5 Å². The van der Waals surface area contributed by atoms with E-state index in [1.165, 1.54) is 0 Å². The summed E-state index contributed by atoms with van der Waals surface area (Å²) < 4.78 is 0. The monoisotopic (exact) mass is 102 g/mol. The minimum atomic E-state index is -1.83. The van der Waals surface area contributed by atoms with Crippen LogP contribution in [0.5, 0.6) is 0 Å². The third kappa shape index (κ3) is 50.4. The Morgan fingerprint density at radius 2 is 1.40 bits per heavy atom. The van der Waals surface area contributed by atoms with Crippen molar-refractivity contribution in [1.82, 2.24) is 0 Å². The van der Waals surface area contributed by atoms with Crippen LogP contribution in [0.3, 0.4) is 0 Å². The molecule has 0 aliphatic rings. The summed E-state index contributed by atoms with van der Waals surface area (Å²) in [6.07, 6.45) is -1.83. The van der Waals surface area contributed by atoms with Crippen LogP contribution in [-0.2, 0) is 0 Å². The molecule has 0 saturated carbocycles. The number of hydrogen-bond acceptors (Lipinski definition) is 1. The molecule has 1 radical (unpaired) electrons. The standard InChI is InChI=1S/CH2O3.K/c2-1(3)4;/h(H2,2,3,4);/i1+1;. The summed E-state index contributed by atoms with van der Waals surface area (Å²) in [7, 11) is 0. The zero-order valence-electron chi connectivity index (χ0n) is 2.80. The maximum atomic E-state index is 8.56. The maximum absolute atomic E-state index is 8.56. The number of hydrogen-bond donors (Lipinski definition) is 2. The van der Waals surface area contributed by atoms with E-state index in [-0.39, 0.29) is 51.4 Å². The van der Waals surface area contributed by atoms with Gasteiger partial charge < -0.3 is 10.2 Å². The van der Waals surface area contributed by atoms with Crippen LogP contribution in [0.15, 0.2) is 0 Å². The fourth-order valence-electron chi connectivity index (χ4n) is 0. The molecule has 0 bridgehead atoms. The van der Waals surface area contributed by atoms with Gasteiger partial charge in [0, 0.05) is 51.4 Å². The van der Waals surface area contributed by atoms with Gasteiger partial charge in [0.05, 0.1) is 0 Å². The first-order valence-electron chi connectivity index (χ1n) is 0.651. The van der Waals surface area contributed by atoms with Gasteiger partial charge in [0.15, 0.2) is 0 Å². The van der Waals surface area contributed by atoms with Crippen LogP contribution in [0.2, 0.25) is 0 Å². The Hall–Kier alpha value is 0.906. The molecule has 0 aromatic rings. The van der Waals surface area contributed by atoms with Gasteiger partial charge >= 0.3 is 6.16 Å². The molecule has 0 atom stereocenters. The third-order valence-corrected chi connectivity index (χ3v) is 0. The second-order valence-corrected chi connectivity index (χ2v) is 0.283. The molecule has 0 aromatic heterocycles. The van der Waals surface area contributed by atoms with E-state index in [9.17, 15) is 0 Å². The van der Waals surface area contributed by atoms with Crippen LogP contribution in [0, 0.1) is 0 Å². The summed E-state index contributed by atoms with van der Waals surface area (Å²) in [5, 5.41) is 13.9. The van der Waals surface area contributed by atoms with Crippen LogP contribution < -0.4 is 0 Å². The molecule has 0 rings (SSSR count). The summed E-state index contributed by atoms with van der Waals surface area (Å²) in [4.78, 5) is 8.56. The molecule has 4 heteroatoms. The second kappa shape index (κ2) is 4.91. The van der Waals surface area contributed by atoms with Gasteiger partial charge in [-0.1, -0.05) is 0 Å². The van der Waals surface area contributed by atoms with E-state index in [4.69, 9.17) is 15.0 Å². The van der Waals surface area contributed by atoms with E-state index >= 15 is 0 Å². The van der Waals surface area contributed by atoms with Gasteiger partial charge in [-0.25, -0.2) is 4.79 Å². The van der Waals surface area contributed by atoms with Gasteiger partial charge in [0.25, 0.3) is 0 Å². The number of carboxylic acid groups (broad SMARTS) is 2. The smallest absolute Gasteiger partial charge is 0.450 e. The summed E-state index contributed by atoms with van der Waals surface area (Å²) in [6.45, 7) is 0. The zero-order valence-corrected chi connectivity index (χ0v) is 5.93. The molecule has 3 nitrogen and oxygen atoms in total. The van der Waals surface area contributed by atoms with Crippen molar-refractivity contribution in [3.05, 3.63) is 0 Å². The van der Waals surface area contributed by atoms with Gasteiger partial charge in [0.1, 0.15) is 0 Å². The molecule has 2 N–H and O–H groups in total. The van der Waals surface area contributed by atoms with Crippen LogP contribution in [-0.4, -0.2) is 67.8 Å². The average molecular weight is 102 g/mol. The fourth-order valence-corrected chi connectivity index (χ4v) is 0. The first kappa shape index (κ1) is 9.32. The molecule has 25 valence electrons. The minimum Gasteiger partial charge on any atom is -0.450 e. The van der Waals surface area contributed by atoms with Crippen molar-refractivity contribution < 1.29 is 15.0 Å². The van der Waals surface area contributed by atoms with E-state index < -0.39 is 6.16 Å². The summed E-state index contributed by atoms with van der Waals surface area (Å²) in [5.74, 6) is 0. The topological polar surface area (TPSA) is 57.5 Å². The van der Waals surface area contributed by atoms with Crippen LogP contribution >= 0.6 is 0 Å². The van der Waals surface area contributed by atoms with Gasteiger partial charge in [-0.3, -0.25) is 0 Å². The Morgan fingerprint density at radius 1 is 1.40 bits per heavy atom. The molecule has 0 unspecified atom stereocenters. The maximum Gasteiger partial charge on any atom is 0.503 e. The van der Waals surface area contributed by atoms with Crippen molar-refractivity contribution in [2.24, 2.45) is 0 Å². The number of carbonyl (C=O) groups is 1. The van der Waals surface area contributed by atoms with E-state index in [2.05, 4.69) is 0 Å². The van der Waals surface area contributed by atoms with Gasteiger partial charge in [-0.05, 0) is 0 Å². The Bertz CT molecular complexity index is 29.9. The fraction of sp³-hybridized carbons (Fsp3) is 0. The predicted molar refractivity (Wildman–Crippen MR) is 16.4 cm³/mol. The van der Waals surface area contributed by atoms with Crippen molar-refractivity contribution in [2.45, 2.75) is 0 Å². The van der Waals surface area contributed by atoms with Crippen LogP contribution in [0.4, 0.5) is 4.79 Å². The summed E-state index contributed by atoms with van der Waals surface area (Å²) in [5.41, 5.74) is 0. The summed E-state index contributed by atoms with van der Waals surface area (Å²) >= 11 is 0. The molecule has 5 heavy (non-hydrogen) atoms. The molecule has 0 aliphatic heterocycles. The Balaban J connectivity index is 0. The quantitative estimate of drug-likeness (QED) is 0.330. The van der Waals surface area contributed by atoms with E-state index in [1.807, 2.05) is 0 Å². The molecular weight excluding hydrogens is 100 g/mol.